The first-order chi connectivity index (χ1) is 10.2. The number of nitrogens with zero attached hydrogens (tertiary/aromatic N) is 1. The molecule has 1 atom stereocenters. The Morgan fingerprint density at radius 2 is 2.18 bits per heavy atom. The Labute approximate surface area is 137 Å². The fraction of sp³-hybridized carbons (Fsp3) is 0.533. The first kappa shape index (κ1) is 18.5. The van der Waals surface area contributed by atoms with Gasteiger partial charge in [-0.15, -0.1) is 12.4 Å². The monoisotopic (exact) mass is 330 g/mol. The largest absolute Gasteiger partial charge is 0.497 e. The van der Waals surface area contributed by atoms with E-state index in [1.165, 1.54) is 0 Å². The van der Waals surface area contributed by atoms with Crippen LogP contribution >= 0.6 is 12.4 Å². The van der Waals surface area contributed by atoms with Crippen LogP contribution < -0.4 is 14.8 Å². The molecule has 1 N–H and O–H groups in total. The second-order valence-electron chi connectivity index (χ2n) is 4.95. The van der Waals surface area contributed by atoms with Crippen molar-refractivity contribution < 1.29 is 19.0 Å². The highest BCUT2D eigenvalue weighted by Gasteiger charge is 2.24. The van der Waals surface area contributed by atoms with Gasteiger partial charge in [-0.2, -0.15) is 0 Å². The molecule has 0 radical (unpaired) electrons. The second kappa shape index (κ2) is 8.82. The average Bonchev–Trinajstić information content (AvgIpc) is 2.55. The molecule has 0 saturated carbocycles. The van der Waals surface area contributed by atoms with Crippen LogP contribution in [0, 0.1) is 0 Å². The average molecular weight is 331 g/mol. The van der Waals surface area contributed by atoms with Crippen LogP contribution in [-0.4, -0.2) is 57.9 Å². The van der Waals surface area contributed by atoms with Crippen molar-refractivity contribution in [2.24, 2.45) is 0 Å². The molecule has 0 aromatic heterocycles. The van der Waals surface area contributed by atoms with E-state index < -0.39 is 0 Å². The van der Waals surface area contributed by atoms with Gasteiger partial charge in [0, 0.05) is 31.8 Å². The second-order valence-corrected chi connectivity index (χ2v) is 4.95. The first-order valence-corrected chi connectivity index (χ1v) is 6.92. The highest BCUT2D eigenvalue weighted by atomic mass is 35.5. The van der Waals surface area contributed by atoms with Gasteiger partial charge in [-0.05, 0) is 12.1 Å². The maximum atomic E-state index is 12.3. The molecule has 0 spiro atoms. The Morgan fingerprint density at radius 1 is 1.41 bits per heavy atom. The van der Waals surface area contributed by atoms with Gasteiger partial charge in [-0.25, -0.2) is 0 Å². The number of likely N-dealkylation sites (N-methyl/N-ethyl adjacent to an activating group) is 1. The van der Waals surface area contributed by atoms with Gasteiger partial charge in [0.2, 0.25) is 5.91 Å². The molecular weight excluding hydrogens is 308 g/mol. The molecule has 1 amide bonds. The molecule has 1 aromatic rings. The number of hydrogen-bond donors (Lipinski definition) is 1. The summed E-state index contributed by atoms with van der Waals surface area (Å²) >= 11 is 0. The van der Waals surface area contributed by atoms with Gasteiger partial charge >= 0.3 is 0 Å². The van der Waals surface area contributed by atoms with E-state index in [1.54, 1.807) is 26.2 Å². The summed E-state index contributed by atoms with van der Waals surface area (Å²) < 4.78 is 15.9. The van der Waals surface area contributed by atoms with Gasteiger partial charge in [-0.1, -0.05) is 0 Å². The number of nitrogens with one attached hydrogen (secondary N) is 1. The van der Waals surface area contributed by atoms with Crippen molar-refractivity contribution in [1.82, 2.24) is 10.2 Å². The Morgan fingerprint density at radius 3 is 2.77 bits per heavy atom. The lowest BCUT2D eigenvalue weighted by Gasteiger charge is -2.28. The van der Waals surface area contributed by atoms with Crippen molar-refractivity contribution in [3.05, 3.63) is 23.8 Å². The molecule has 1 aliphatic rings. The van der Waals surface area contributed by atoms with Crippen LogP contribution in [0.2, 0.25) is 0 Å². The number of hydrogen-bond acceptors (Lipinski definition) is 5. The number of benzene rings is 1. The fourth-order valence-corrected chi connectivity index (χ4v) is 2.31. The van der Waals surface area contributed by atoms with Crippen molar-refractivity contribution in [3.8, 4) is 11.5 Å². The van der Waals surface area contributed by atoms with Crippen molar-refractivity contribution in [1.29, 1.82) is 0 Å². The topological polar surface area (TPSA) is 60.0 Å². The third kappa shape index (κ3) is 4.50. The van der Waals surface area contributed by atoms with E-state index in [0.29, 0.717) is 32.1 Å². The lowest BCUT2D eigenvalue weighted by Crippen LogP contribution is -2.51. The van der Waals surface area contributed by atoms with E-state index >= 15 is 0 Å². The minimum Gasteiger partial charge on any atom is -0.497 e. The van der Waals surface area contributed by atoms with E-state index in [1.807, 2.05) is 18.2 Å². The number of carbonyl (C=O) groups excluding carboxylic acids is 1. The van der Waals surface area contributed by atoms with Gasteiger partial charge in [0.1, 0.15) is 17.5 Å². The quantitative estimate of drug-likeness (QED) is 0.875. The molecule has 6 nitrogen and oxygen atoms in total. The minimum atomic E-state index is -0.270. The van der Waals surface area contributed by atoms with Crippen LogP contribution in [0.15, 0.2) is 18.2 Å². The number of halogens is 1. The Bertz CT molecular complexity index is 492. The predicted molar refractivity (Wildman–Crippen MR) is 85.9 cm³/mol. The molecule has 1 aromatic carbocycles. The molecule has 0 bridgehead atoms. The number of ether oxygens (including phenoxy) is 3. The van der Waals surface area contributed by atoms with Crippen molar-refractivity contribution >= 4 is 18.3 Å². The number of morpholine rings is 1. The molecule has 22 heavy (non-hydrogen) atoms. The molecule has 1 aliphatic heterocycles. The number of amides is 1. The van der Waals surface area contributed by atoms with Crippen LogP contribution in [0.5, 0.6) is 11.5 Å². The van der Waals surface area contributed by atoms with Gasteiger partial charge in [0.15, 0.2) is 0 Å². The Kier molecular flexibility index (Phi) is 7.44. The van der Waals surface area contributed by atoms with E-state index in [0.717, 1.165) is 11.3 Å². The molecule has 2 rings (SSSR count). The van der Waals surface area contributed by atoms with Gasteiger partial charge < -0.3 is 24.4 Å². The summed E-state index contributed by atoms with van der Waals surface area (Å²) in [4.78, 5) is 14.0. The SMILES string of the molecule is COc1ccc(CN(C)C(=O)C2COCCN2)c(OC)c1.Cl. The van der Waals surface area contributed by atoms with Crippen LogP contribution in [0.1, 0.15) is 5.56 Å². The van der Waals surface area contributed by atoms with Gasteiger partial charge in [0.25, 0.3) is 0 Å². The third-order valence-corrected chi connectivity index (χ3v) is 3.50. The van der Waals surface area contributed by atoms with Crippen LogP contribution in [0.25, 0.3) is 0 Å². The van der Waals surface area contributed by atoms with E-state index in [-0.39, 0.29) is 24.4 Å². The summed E-state index contributed by atoms with van der Waals surface area (Å²) in [5, 5.41) is 3.16. The third-order valence-electron chi connectivity index (χ3n) is 3.50. The summed E-state index contributed by atoms with van der Waals surface area (Å²) in [6, 6.07) is 5.31. The first-order valence-electron chi connectivity index (χ1n) is 6.92. The smallest absolute Gasteiger partial charge is 0.242 e. The van der Waals surface area contributed by atoms with E-state index in [4.69, 9.17) is 14.2 Å². The molecule has 7 heteroatoms. The number of methoxy groups -OCH3 is 2. The zero-order chi connectivity index (χ0) is 15.2. The normalized spacial score (nSPS) is 17.3. The van der Waals surface area contributed by atoms with Crippen LogP contribution in [0.4, 0.5) is 0 Å². The standard InChI is InChI=1S/C15H22N2O4.ClH/c1-17(15(18)13-10-21-7-6-16-13)9-11-4-5-12(19-2)8-14(11)20-3;/h4-5,8,13,16H,6-7,9-10H2,1-3H3;1H. The summed E-state index contributed by atoms with van der Waals surface area (Å²) in [5.74, 6) is 1.46. The lowest BCUT2D eigenvalue weighted by atomic mass is 10.1. The number of carbonyl (C=O) groups is 1. The van der Waals surface area contributed by atoms with Crippen molar-refractivity contribution in [2.75, 3.05) is 41.0 Å². The Hall–Kier alpha value is -1.50. The predicted octanol–water partition coefficient (Wildman–Crippen LogP) is 1.07. The zero-order valence-electron chi connectivity index (χ0n) is 13.1. The molecule has 1 saturated heterocycles. The number of rotatable bonds is 5. The van der Waals surface area contributed by atoms with Crippen molar-refractivity contribution in [2.45, 2.75) is 12.6 Å². The maximum Gasteiger partial charge on any atom is 0.242 e. The summed E-state index contributed by atoms with van der Waals surface area (Å²) in [5.41, 5.74) is 0.936. The Balaban J connectivity index is 0.00000242. The molecule has 1 heterocycles. The zero-order valence-corrected chi connectivity index (χ0v) is 13.9. The van der Waals surface area contributed by atoms with E-state index in [2.05, 4.69) is 5.32 Å². The summed E-state index contributed by atoms with van der Waals surface area (Å²) in [6.45, 7) is 2.25. The minimum absolute atomic E-state index is 0. The molecule has 1 fully saturated rings. The highest BCUT2D eigenvalue weighted by Crippen LogP contribution is 2.25. The highest BCUT2D eigenvalue weighted by molar-refractivity contribution is 5.85. The molecular formula is C15H23ClN2O4. The maximum absolute atomic E-state index is 12.3. The van der Waals surface area contributed by atoms with E-state index in [9.17, 15) is 4.79 Å². The molecule has 0 aliphatic carbocycles. The van der Waals surface area contributed by atoms with Crippen LogP contribution in [-0.2, 0) is 16.1 Å². The van der Waals surface area contributed by atoms with Gasteiger partial charge in [-0.3, -0.25) is 4.79 Å². The molecule has 1 unspecified atom stereocenters. The summed E-state index contributed by atoms with van der Waals surface area (Å²) in [6.07, 6.45) is 0. The van der Waals surface area contributed by atoms with Crippen molar-refractivity contribution in [3.63, 3.8) is 0 Å². The van der Waals surface area contributed by atoms with Gasteiger partial charge in [0.05, 0.1) is 27.4 Å². The lowest BCUT2D eigenvalue weighted by molar-refractivity contribution is -0.135. The molecule has 124 valence electrons. The van der Waals surface area contributed by atoms with Crippen LogP contribution in [0.3, 0.4) is 0 Å². The fourth-order valence-electron chi connectivity index (χ4n) is 2.31. The summed E-state index contributed by atoms with van der Waals surface area (Å²) in [7, 11) is 5.00.